The van der Waals surface area contributed by atoms with E-state index in [1.165, 1.54) is 0 Å². The van der Waals surface area contributed by atoms with Gasteiger partial charge in [-0.3, -0.25) is 4.79 Å². The Morgan fingerprint density at radius 3 is 2.73 bits per heavy atom. The van der Waals surface area contributed by atoms with Gasteiger partial charge in [0.15, 0.2) is 5.96 Å². The number of anilines is 1. The Labute approximate surface area is 197 Å². The predicted molar refractivity (Wildman–Crippen MR) is 132 cm³/mol. The number of nitrogens with two attached hydrogens (primary N) is 1. The second-order valence-electron chi connectivity index (χ2n) is 7.18. The van der Waals surface area contributed by atoms with Gasteiger partial charge in [0.05, 0.1) is 6.54 Å². The molecule has 30 heavy (non-hydrogen) atoms. The third kappa shape index (κ3) is 9.03. The van der Waals surface area contributed by atoms with Crippen LogP contribution in [0.1, 0.15) is 45.1 Å². The number of nitrogens with one attached hydrogen (secondary N) is 2. The molecule has 1 aromatic heterocycles. The third-order valence-electron chi connectivity index (χ3n) is 5.03. The smallest absolute Gasteiger partial charge is 0.220 e. The van der Waals surface area contributed by atoms with Crippen LogP contribution in [0.5, 0.6) is 0 Å². The molecule has 1 fully saturated rings. The summed E-state index contributed by atoms with van der Waals surface area (Å²) in [6.45, 7) is 9.45. The summed E-state index contributed by atoms with van der Waals surface area (Å²) < 4.78 is 5.37. The lowest BCUT2D eigenvalue weighted by Gasteiger charge is -2.32. The number of guanidine groups is 1. The van der Waals surface area contributed by atoms with Crippen molar-refractivity contribution in [3.63, 3.8) is 0 Å². The van der Waals surface area contributed by atoms with Crippen LogP contribution in [0.25, 0.3) is 0 Å². The molecule has 1 aliphatic heterocycles. The first kappa shape index (κ1) is 26.4. The van der Waals surface area contributed by atoms with Crippen LogP contribution < -0.4 is 21.3 Å². The fourth-order valence-corrected chi connectivity index (χ4v) is 3.40. The molecular formula is C21H37IN6O2. The molecule has 1 aromatic rings. The van der Waals surface area contributed by atoms with E-state index in [1.807, 2.05) is 19.2 Å². The molecule has 170 valence electrons. The molecule has 2 heterocycles. The van der Waals surface area contributed by atoms with Crippen molar-refractivity contribution in [2.75, 3.05) is 44.3 Å². The van der Waals surface area contributed by atoms with Gasteiger partial charge in [0.1, 0.15) is 5.82 Å². The van der Waals surface area contributed by atoms with E-state index in [4.69, 9.17) is 15.5 Å². The van der Waals surface area contributed by atoms with Crippen molar-refractivity contribution < 1.29 is 9.53 Å². The van der Waals surface area contributed by atoms with E-state index < -0.39 is 0 Å². The van der Waals surface area contributed by atoms with Crippen molar-refractivity contribution in [1.29, 1.82) is 0 Å². The highest BCUT2D eigenvalue weighted by atomic mass is 127. The highest BCUT2D eigenvalue weighted by Gasteiger charge is 2.24. The van der Waals surface area contributed by atoms with Crippen LogP contribution >= 0.6 is 24.0 Å². The maximum Gasteiger partial charge on any atom is 0.220 e. The van der Waals surface area contributed by atoms with Crippen molar-refractivity contribution in [2.45, 2.75) is 46.1 Å². The highest BCUT2D eigenvalue weighted by Crippen LogP contribution is 2.24. The first-order valence-electron chi connectivity index (χ1n) is 10.7. The first-order valence-corrected chi connectivity index (χ1v) is 10.7. The van der Waals surface area contributed by atoms with Gasteiger partial charge in [-0.2, -0.15) is 0 Å². The maximum absolute atomic E-state index is 11.4. The Balaban J connectivity index is 0.00000450. The number of amides is 1. The number of piperidine rings is 1. The molecule has 1 saturated heterocycles. The summed E-state index contributed by atoms with van der Waals surface area (Å²) >= 11 is 0. The fraction of sp³-hybridized carbons (Fsp3) is 0.667. The van der Waals surface area contributed by atoms with Crippen LogP contribution in [0.3, 0.4) is 0 Å². The predicted octanol–water partition coefficient (Wildman–Crippen LogP) is 2.27. The lowest BCUT2D eigenvalue weighted by Crippen LogP contribution is -2.39. The van der Waals surface area contributed by atoms with Crippen LogP contribution in [0.2, 0.25) is 0 Å². The van der Waals surface area contributed by atoms with Gasteiger partial charge in [0.2, 0.25) is 5.91 Å². The third-order valence-corrected chi connectivity index (χ3v) is 5.03. The molecule has 0 radical (unpaired) electrons. The molecule has 0 spiro atoms. The van der Waals surface area contributed by atoms with Crippen LogP contribution in [-0.2, 0) is 16.1 Å². The summed E-state index contributed by atoms with van der Waals surface area (Å²) in [4.78, 5) is 23.0. The molecule has 1 amide bonds. The second kappa shape index (κ2) is 15.2. The number of carbonyl (C=O) groups excluding carboxylic acids is 1. The number of hydrogen-bond donors (Lipinski definition) is 3. The average Bonchev–Trinajstić information content (AvgIpc) is 2.74. The van der Waals surface area contributed by atoms with E-state index >= 15 is 0 Å². The van der Waals surface area contributed by atoms with Gasteiger partial charge in [0, 0.05) is 57.1 Å². The zero-order valence-corrected chi connectivity index (χ0v) is 20.6. The van der Waals surface area contributed by atoms with E-state index in [1.54, 1.807) is 0 Å². The summed E-state index contributed by atoms with van der Waals surface area (Å²) in [6, 6.07) is 4.01. The van der Waals surface area contributed by atoms with E-state index in [0.29, 0.717) is 6.54 Å². The van der Waals surface area contributed by atoms with Gasteiger partial charge in [-0.05, 0) is 45.6 Å². The number of hydrogen-bond acceptors (Lipinski definition) is 5. The number of ether oxygens (including phenoxy) is 1. The molecule has 0 aromatic carbocycles. The molecule has 1 aliphatic rings. The number of unbranched alkanes of at least 4 members (excludes halogenated alkanes) is 1. The van der Waals surface area contributed by atoms with E-state index in [9.17, 15) is 4.79 Å². The minimum absolute atomic E-state index is 0. The maximum atomic E-state index is 11.4. The van der Waals surface area contributed by atoms with Crippen LogP contribution in [0.15, 0.2) is 23.3 Å². The van der Waals surface area contributed by atoms with Gasteiger partial charge >= 0.3 is 0 Å². The molecule has 0 atom stereocenters. The number of pyridine rings is 1. The van der Waals surface area contributed by atoms with Gasteiger partial charge in [-0.1, -0.05) is 6.07 Å². The topological polar surface area (TPSA) is 105 Å². The zero-order chi connectivity index (χ0) is 20.9. The van der Waals surface area contributed by atoms with Crippen molar-refractivity contribution in [3.8, 4) is 0 Å². The summed E-state index contributed by atoms with van der Waals surface area (Å²) in [5.41, 5.74) is 6.53. The number of aliphatic imine (C=N–C) groups is 1. The Morgan fingerprint density at radius 1 is 1.30 bits per heavy atom. The van der Waals surface area contributed by atoms with Gasteiger partial charge < -0.3 is 26.0 Å². The Hall–Kier alpha value is -1.62. The van der Waals surface area contributed by atoms with Gasteiger partial charge in [0.25, 0.3) is 0 Å². The van der Waals surface area contributed by atoms with Crippen LogP contribution in [-0.4, -0.2) is 56.2 Å². The molecule has 0 unspecified atom stereocenters. The summed E-state index contributed by atoms with van der Waals surface area (Å²) in [5, 5.41) is 6.68. The second-order valence-corrected chi connectivity index (χ2v) is 7.18. The molecule has 4 N–H and O–H groups in total. The minimum Gasteiger partial charge on any atom is -0.382 e. The van der Waals surface area contributed by atoms with Crippen LogP contribution in [0.4, 0.5) is 5.82 Å². The van der Waals surface area contributed by atoms with Crippen molar-refractivity contribution >= 4 is 41.7 Å². The zero-order valence-electron chi connectivity index (χ0n) is 18.2. The average molecular weight is 532 g/mol. The minimum atomic E-state index is -0.196. The lowest BCUT2D eigenvalue weighted by atomic mass is 9.96. The Bertz CT molecular complexity index is 650. The normalized spacial score (nSPS) is 14.9. The Morgan fingerprint density at radius 2 is 2.07 bits per heavy atom. The van der Waals surface area contributed by atoms with Crippen LogP contribution in [0, 0.1) is 5.92 Å². The highest BCUT2D eigenvalue weighted by molar-refractivity contribution is 14.0. The van der Waals surface area contributed by atoms with Crippen molar-refractivity contribution in [3.05, 3.63) is 23.9 Å². The lowest BCUT2D eigenvalue weighted by molar-refractivity contribution is -0.122. The SMILES string of the molecule is CCNC(=NCc1cccnc1N1CCC(C(N)=O)CC1)NCCCCOCC.I. The number of nitrogens with zero attached hydrogens (tertiary/aromatic N) is 3. The molecule has 0 saturated carbocycles. The first-order chi connectivity index (χ1) is 14.2. The molecule has 2 rings (SSSR count). The number of halogens is 1. The van der Waals surface area contributed by atoms with Crippen molar-refractivity contribution in [2.24, 2.45) is 16.6 Å². The fourth-order valence-electron chi connectivity index (χ4n) is 3.40. The summed E-state index contributed by atoms with van der Waals surface area (Å²) in [6.07, 6.45) is 5.44. The molecule has 0 bridgehead atoms. The van der Waals surface area contributed by atoms with Gasteiger partial charge in [-0.25, -0.2) is 9.98 Å². The van der Waals surface area contributed by atoms with E-state index in [-0.39, 0.29) is 35.8 Å². The van der Waals surface area contributed by atoms with E-state index in [2.05, 4.69) is 33.5 Å². The molecule has 0 aliphatic carbocycles. The monoisotopic (exact) mass is 532 g/mol. The number of rotatable bonds is 11. The molecule has 8 nitrogen and oxygen atoms in total. The summed E-state index contributed by atoms with van der Waals surface area (Å²) in [5.74, 6) is 1.54. The number of carbonyl (C=O) groups is 1. The van der Waals surface area contributed by atoms with Crippen molar-refractivity contribution in [1.82, 2.24) is 15.6 Å². The molecular weight excluding hydrogens is 495 g/mol. The largest absolute Gasteiger partial charge is 0.382 e. The van der Waals surface area contributed by atoms with Gasteiger partial charge in [-0.15, -0.1) is 24.0 Å². The summed E-state index contributed by atoms with van der Waals surface area (Å²) in [7, 11) is 0. The quantitative estimate of drug-likeness (QED) is 0.175. The number of primary amides is 1. The standard InChI is InChI=1S/C21H36N6O2.HI/c1-3-23-21(25-11-5-6-15-29-4-2)26-16-18-8-7-12-24-20(18)27-13-9-17(10-14-27)19(22)28;/h7-8,12,17H,3-6,9-11,13-16H2,1-2H3,(H2,22,28)(H2,23,25,26);1H. The molecule has 9 heteroatoms. The number of aromatic nitrogens is 1. The van der Waals surface area contributed by atoms with E-state index in [0.717, 1.165) is 82.4 Å². The Kier molecular flexibility index (Phi) is 13.4.